The first kappa shape index (κ1) is 16.2. The van der Waals surface area contributed by atoms with Gasteiger partial charge in [-0.15, -0.1) is 0 Å². The smallest absolute Gasteiger partial charge is 0.412 e. The fourth-order valence-electron chi connectivity index (χ4n) is 1.76. The van der Waals surface area contributed by atoms with Gasteiger partial charge in [0.15, 0.2) is 0 Å². The predicted octanol–water partition coefficient (Wildman–Crippen LogP) is 3.03. The standard InChI is InChI=1S/C15H13FN2O5/c1-22-13-6-7-14(16)10(8-13)9-17-15(19)23-12-4-2-11(3-5-12)18(20)21/h2-8H,9H2,1H3,(H,17,19). The third-order valence-corrected chi connectivity index (χ3v) is 2.93. The Labute approximate surface area is 130 Å². The second-order valence-electron chi connectivity index (χ2n) is 4.45. The monoisotopic (exact) mass is 320 g/mol. The molecule has 0 aromatic heterocycles. The minimum atomic E-state index is -0.805. The van der Waals surface area contributed by atoms with E-state index in [0.717, 1.165) is 0 Å². The normalized spacial score (nSPS) is 10.0. The minimum absolute atomic E-state index is 0.0884. The molecule has 120 valence electrons. The van der Waals surface area contributed by atoms with Gasteiger partial charge < -0.3 is 14.8 Å². The molecule has 0 radical (unpaired) electrons. The molecule has 0 saturated heterocycles. The zero-order valence-corrected chi connectivity index (χ0v) is 12.1. The molecule has 0 aliphatic rings. The summed E-state index contributed by atoms with van der Waals surface area (Å²) in [6.45, 7) is -0.0884. The topological polar surface area (TPSA) is 90.7 Å². The first-order chi connectivity index (χ1) is 11.0. The van der Waals surface area contributed by atoms with Crippen LogP contribution in [0.15, 0.2) is 42.5 Å². The molecule has 8 heteroatoms. The Morgan fingerprint density at radius 3 is 2.48 bits per heavy atom. The van der Waals surface area contributed by atoms with Gasteiger partial charge in [0, 0.05) is 24.2 Å². The van der Waals surface area contributed by atoms with Crippen molar-refractivity contribution in [3.05, 3.63) is 64.0 Å². The van der Waals surface area contributed by atoms with Gasteiger partial charge in [0.2, 0.25) is 0 Å². The fraction of sp³-hybridized carbons (Fsp3) is 0.133. The highest BCUT2D eigenvalue weighted by Gasteiger charge is 2.10. The van der Waals surface area contributed by atoms with Crippen molar-refractivity contribution < 1.29 is 23.6 Å². The molecule has 0 saturated carbocycles. The number of nitrogens with zero attached hydrogens (tertiary/aromatic N) is 1. The number of nitro benzene ring substituents is 1. The number of hydrogen-bond donors (Lipinski definition) is 1. The molecule has 23 heavy (non-hydrogen) atoms. The van der Waals surface area contributed by atoms with E-state index in [-0.39, 0.29) is 23.5 Å². The Morgan fingerprint density at radius 1 is 1.22 bits per heavy atom. The highest BCUT2D eigenvalue weighted by molar-refractivity contribution is 5.70. The number of non-ortho nitro benzene ring substituents is 1. The van der Waals surface area contributed by atoms with Crippen LogP contribution in [0.4, 0.5) is 14.9 Å². The number of ether oxygens (including phenoxy) is 2. The summed E-state index contributed by atoms with van der Waals surface area (Å²) in [7, 11) is 1.45. The van der Waals surface area contributed by atoms with Gasteiger partial charge in [-0.1, -0.05) is 0 Å². The van der Waals surface area contributed by atoms with Crippen LogP contribution in [0.3, 0.4) is 0 Å². The maximum absolute atomic E-state index is 13.6. The maximum atomic E-state index is 13.6. The summed E-state index contributed by atoms with van der Waals surface area (Å²) < 4.78 is 23.5. The molecule has 2 aromatic rings. The predicted molar refractivity (Wildman–Crippen MR) is 78.9 cm³/mol. The van der Waals surface area contributed by atoms with Crippen molar-refractivity contribution in [2.24, 2.45) is 0 Å². The first-order valence-corrected chi connectivity index (χ1v) is 6.52. The zero-order chi connectivity index (χ0) is 16.8. The molecule has 1 amide bonds. The van der Waals surface area contributed by atoms with E-state index >= 15 is 0 Å². The summed E-state index contributed by atoms with van der Waals surface area (Å²) in [4.78, 5) is 21.6. The van der Waals surface area contributed by atoms with Crippen LogP contribution >= 0.6 is 0 Å². The molecule has 0 bridgehead atoms. The molecular weight excluding hydrogens is 307 g/mol. The Morgan fingerprint density at radius 2 is 1.87 bits per heavy atom. The highest BCUT2D eigenvalue weighted by Crippen LogP contribution is 2.18. The van der Waals surface area contributed by atoms with E-state index in [1.54, 1.807) is 0 Å². The molecule has 0 aliphatic carbocycles. The number of carbonyl (C=O) groups is 1. The van der Waals surface area contributed by atoms with Crippen molar-refractivity contribution in [2.75, 3.05) is 7.11 Å². The second-order valence-corrected chi connectivity index (χ2v) is 4.45. The lowest BCUT2D eigenvalue weighted by atomic mass is 10.2. The largest absolute Gasteiger partial charge is 0.497 e. The van der Waals surface area contributed by atoms with Crippen LogP contribution in [-0.2, 0) is 6.54 Å². The number of hydrogen-bond acceptors (Lipinski definition) is 5. The van der Waals surface area contributed by atoms with Gasteiger partial charge in [-0.05, 0) is 30.3 Å². The van der Waals surface area contributed by atoms with E-state index in [0.29, 0.717) is 5.75 Å². The van der Waals surface area contributed by atoms with E-state index in [9.17, 15) is 19.3 Å². The fourth-order valence-corrected chi connectivity index (χ4v) is 1.76. The van der Waals surface area contributed by atoms with Crippen LogP contribution in [0, 0.1) is 15.9 Å². The van der Waals surface area contributed by atoms with Crippen molar-refractivity contribution in [3.63, 3.8) is 0 Å². The van der Waals surface area contributed by atoms with Crippen molar-refractivity contribution in [3.8, 4) is 11.5 Å². The molecule has 0 aliphatic heterocycles. The summed E-state index contributed by atoms with van der Waals surface area (Å²) in [6, 6.07) is 9.18. The molecule has 0 spiro atoms. The van der Waals surface area contributed by atoms with E-state index in [1.165, 1.54) is 49.6 Å². The summed E-state index contributed by atoms with van der Waals surface area (Å²) in [5, 5.41) is 12.9. The minimum Gasteiger partial charge on any atom is -0.497 e. The van der Waals surface area contributed by atoms with Gasteiger partial charge in [-0.3, -0.25) is 10.1 Å². The average Bonchev–Trinajstić information content (AvgIpc) is 2.54. The Kier molecular flexibility index (Phi) is 5.08. The number of benzene rings is 2. The summed E-state index contributed by atoms with van der Waals surface area (Å²) in [5.74, 6) is 0.118. The van der Waals surface area contributed by atoms with Crippen molar-refractivity contribution >= 4 is 11.8 Å². The second kappa shape index (κ2) is 7.21. The van der Waals surface area contributed by atoms with Gasteiger partial charge in [-0.2, -0.15) is 0 Å². The van der Waals surface area contributed by atoms with Crippen LogP contribution in [-0.4, -0.2) is 18.1 Å². The quantitative estimate of drug-likeness (QED) is 0.675. The highest BCUT2D eigenvalue weighted by atomic mass is 19.1. The molecule has 0 fully saturated rings. The Bertz CT molecular complexity index is 718. The van der Waals surface area contributed by atoms with E-state index in [4.69, 9.17) is 9.47 Å². The average molecular weight is 320 g/mol. The van der Waals surface area contributed by atoms with Crippen LogP contribution < -0.4 is 14.8 Å². The van der Waals surface area contributed by atoms with Crippen molar-refractivity contribution in [2.45, 2.75) is 6.54 Å². The molecule has 1 N–H and O–H groups in total. The summed E-state index contributed by atoms with van der Waals surface area (Å²) in [6.07, 6.45) is -0.805. The molecule has 2 rings (SSSR count). The number of amides is 1. The van der Waals surface area contributed by atoms with Crippen LogP contribution in [0.1, 0.15) is 5.56 Å². The first-order valence-electron chi connectivity index (χ1n) is 6.52. The van der Waals surface area contributed by atoms with Crippen LogP contribution in [0.25, 0.3) is 0 Å². The molecule has 0 heterocycles. The zero-order valence-electron chi connectivity index (χ0n) is 12.1. The van der Waals surface area contributed by atoms with E-state index < -0.39 is 16.8 Å². The van der Waals surface area contributed by atoms with Crippen LogP contribution in [0.2, 0.25) is 0 Å². The molecule has 2 aromatic carbocycles. The number of carbonyl (C=O) groups excluding carboxylic acids is 1. The summed E-state index contributed by atoms with van der Waals surface area (Å²) >= 11 is 0. The Hall–Kier alpha value is -3.16. The van der Waals surface area contributed by atoms with Crippen molar-refractivity contribution in [1.82, 2.24) is 5.32 Å². The van der Waals surface area contributed by atoms with E-state index in [1.807, 2.05) is 0 Å². The van der Waals surface area contributed by atoms with Crippen LogP contribution in [0.5, 0.6) is 11.5 Å². The molecule has 7 nitrogen and oxygen atoms in total. The Balaban J connectivity index is 1.93. The lowest BCUT2D eigenvalue weighted by molar-refractivity contribution is -0.384. The van der Waals surface area contributed by atoms with Crippen molar-refractivity contribution in [1.29, 1.82) is 0 Å². The van der Waals surface area contributed by atoms with E-state index in [2.05, 4.69) is 5.32 Å². The number of methoxy groups -OCH3 is 1. The van der Waals surface area contributed by atoms with Gasteiger partial charge >= 0.3 is 6.09 Å². The van der Waals surface area contributed by atoms with Gasteiger partial charge in [0.1, 0.15) is 17.3 Å². The van der Waals surface area contributed by atoms with Gasteiger partial charge in [-0.25, -0.2) is 9.18 Å². The third-order valence-electron chi connectivity index (χ3n) is 2.93. The number of halogens is 1. The third kappa shape index (κ3) is 4.40. The van der Waals surface area contributed by atoms with Gasteiger partial charge in [0.05, 0.1) is 12.0 Å². The summed E-state index contributed by atoms with van der Waals surface area (Å²) in [5.41, 5.74) is 0.126. The molecular formula is C15H13FN2O5. The number of rotatable bonds is 5. The lowest BCUT2D eigenvalue weighted by Gasteiger charge is -2.08. The SMILES string of the molecule is COc1ccc(F)c(CNC(=O)Oc2ccc([N+](=O)[O-])cc2)c1. The maximum Gasteiger partial charge on any atom is 0.412 e. The molecule has 0 atom stereocenters. The van der Waals surface area contributed by atoms with Gasteiger partial charge in [0.25, 0.3) is 5.69 Å². The lowest BCUT2D eigenvalue weighted by Crippen LogP contribution is -2.26. The number of nitrogens with one attached hydrogen (secondary N) is 1. The number of nitro groups is 1. The molecule has 0 unspecified atom stereocenters.